The highest BCUT2D eigenvalue weighted by molar-refractivity contribution is 7.22. The third-order valence-electron chi connectivity index (χ3n) is 2.71. The number of fused-ring (bicyclic) bond motifs is 1. The second-order valence-electron chi connectivity index (χ2n) is 4.35. The Kier molecular flexibility index (Phi) is 3.41. The van der Waals surface area contributed by atoms with Crippen LogP contribution in [0.4, 0.5) is 10.8 Å². The summed E-state index contributed by atoms with van der Waals surface area (Å²) in [6.07, 6.45) is 2.81. The first-order valence-corrected chi connectivity index (χ1v) is 6.95. The quantitative estimate of drug-likeness (QED) is 0.778. The van der Waals surface area contributed by atoms with Gasteiger partial charge in [0, 0.05) is 12.6 Å². The Hall–Kier alpha value is -2.67. The molecular formula is C14H11N3O3S. The van der Waals surface area contributed by atoms with Crippen LogP contribution in [-0.2, 0) is 4.79 Å². The van der Waals surface area contributed by atoms with Crippen molar-refractivity contribution in [2.45, 2.75) is 6.92 Å². The van der Waals surface area contributed by atoms with E-state index in [2.05, 4.69) is 15.6 Å². The van der Waals surface area contributed by atoms with Crippen LogP contribution in [-0.4, -0.2) is 16.8 Å². The average molecular weight is 301 g/mol. The van der Waals surface area contributed by atoms with Gasteiger partial charge in [-0.3, -0.25) is 14.9 Å². The maximum absolute atomic E-state index is 11.9. The minimum Gasteiger partial charge on any atom is -0.472 e. The van der Waals surface area contributed by atoms with Gasteiger partial charge in [-0.15, -0.1) is 0 Å². The smallest absolute Gasteiger partial charge is 0.260 e. The Labute approximate surface area is 123 Å². The lowest BCUT2D eigenvalue weighted by Gasteiger charge is -1.99. The predicted molar refractivity (Wildman–Crippen MR) is 80.6 cm³/mol. The number of benzene rings is 1. The molecular weight excluding hydrogens is 290 g/mol. The van der Waals surface area contributed by atoms with E-state index in [1.165, 1.54) is 30.8 Å². The highest BCUT2D eigenvalue weighted by atomic mass is 32.1. The van der Waals surface area contributed by atoms with Crippen molar-refractivity contribution in [2.75, 3.05) is 10.6 Å². The van der Waals surface area contributed by atoms with Crippen molar-refractivity contribution in [1.82, 2.24) is 4.98 Å². The number of anilines is 2. The van der Waals surface area contributed by atoms with Crippen molar-refractivity contribution in [1.29, 1.82) is 0 Å². The number of thiazole rings is 1. The van der Waals surface area contributed by atoms with Crippen molar-refractivity contribution < 1.29 is 14.0 Å². The first-order chi connectivity index (χ1) is 10.1. The molecule has 2 heterocycles. The molecule has 106 valence electrons. The fourth-order valence-corrected chi connectivity index (χ4v) is 2.72. The van der Waals surface area contributed by atoms with Crippen LogP contribution >= 0.6 is 11.3 Å². The first-order valence-electron chi connectivity index (χ1n) is 6.13. The van der Waals surface area contributed by atoms with Crippen LogP contribution in [0.5, 0.6) is 0 Å². The van der Waals surface area contributed by atoms with E-state index >= 15 is 0 Å². The molecule has 0 aliphatic rings. The molecule has 3 aromatic rings. The van der Waals surface area contributed by atoms with Gasteiger partial charge in [0.1, 0.15) is 6.26 Å². The first kappa shape index (κ1) is 13.3. The summed E-state index contributed by atoms with van der Waals surface area (Å²) >= 11 is 1.34. The fraction of sp³-hybridized carbons (Fsp3) is 0.0714. The number of carbonyl (C=O) groups excluding carboxylic acids is 2. The molecule has 0 unspecified atom stereocenters. The minimum atomic E-state index is -0.273. The minimum absolute atomic E-state index is 0.132. The predicted octanol–water partition coefficient (Wildman–Crippen LogP) is 3.10. The number of nitrogens with zero attached hydrogens (tertiary/aromatic N) is 1. The van der Waals surface area contributed by atoms with E-state index in [-0.39, 0.29) is 11.8 Å². The van der Waals surface area contributed by atoms with E-state index in [0.29, 0.717) is 16.4 Å². The third kappa shape index (κ3) is 2.92. The van der Waals surface area contributed by atoms with Crippen molar-refractivity contribution in [3.63, 3.8) is 0 Å². The monoisotopic (exact) mass is 301 g/mol. The van der Waals surface area contributed by atoms with Crippen molar-refractivity contribution in [3.8, 4) is 0 Å². The summed E-state index contributed by atoms with van der Waals surface area (Å²) in [6.45, 7) is 1.45. The standard InChI is InChI=1S/C14H11N3O3S/c1-8(18)15-10-2-3-11-12(6-10)21-14(16-11)17-13(19)9-4-5-20-7-9/h2-7H,1H3,(H,15,18)(H,16,17,19). The summed E-state index contributed by atoms with van der Waals surface area (Å²) < 4.78 is 5.75. The molecule has 0 saturated heterocycles. The van der Waals surface area contributed by atoms with Gasteiger partial charge in [-0.2, -0.15) is 0 Å². The SMILES string of the molecule is CC(=O)Nc1ccc2nc(NC(=O)c3ccoc3)sc2c1. The summed E-state index contributed by atoms with van der Waals surface area (Å²) in [5, 5.41) is 5.92. The third-order valence-corrected chi connectivity index (χ3v) is 3.65. The molecule has 0 spiro atoms. The molecule has 0 bridgehead atoms. The van der Waals surface area contributed by atoms with E-state index in [1.54, 1.807) is 18.2 Å². The highest BCUT2D eigenvalue weighted by Gasteiger charge is 2.11. The van der Waals surface area contributed by atoms with Gasteiger partial charge in [-0.25, -0.2) is 4.98 Å². The molecule has 1 aromatic carbocycles. The number of carbonyl (C=O) groups is 2. The molecule has 0 saturated carbocycles. The second-order valence-corrected chi connectivity index (χ2v) is 5.38. The lowest BCUT2D eigenvalue weighted by molar-refractivity contribution is -0.114. The van der Waals surface area contributed by atoms with Crippen LogP contribution in [0.2, 0.25) is 0 Å². The molecule has 0 aliphatic carbocycles. The van der Waals surface area contributed by atoms with Crippen LogP contribution in [0.1, 0.15) is 17.3 Å². The second kappa shape index (κ2) is 5.37. The van der Waals surface area contributed by atoms with E-state index in [0.717, 1.165) is 10.2 Å². The van der Waals surface area contributed by atoms with Crippen molar-refractivity contribution in [3.05, 3.63) is 42.4 Å². The molecule has 6 nitrogen and oxygen atoms in total. The number of rotatable bonds is 3. The zero-order valence-electron chi connectivity index (χ0n) is 11.0. The molecule has 2 N–H and O–H groups in total. The average Bonchev–Trinajstić information content (AvgIpc) is 3.05. The van der Waals surface area contributed by atoms with Gasteiger partial charge >= 0.3 is 0 Å². The van der Waals surface area contributed by atoms with Crippen LogP contribution in [0.25, 0.3) is 10.2 Å². The number of aromatic nitrogens is 1. The fourth-order valence-electron chi connectivity index (χ4n) is 1.82. The van der Waals surface area contributed by atoms with Gasteiger partial charge in [0.05, 0.1) is 22.0 Å². The molecule has 2 aromatic heterocycles. The summed E-state index contributed by atoms with van der Waals surface area (Å²) in [5.74, 6) is -0.405. The van der Waals surface area contributed by atoms with Gasteiger partial charge < -0.3 is 9.73 Å². The van der Waals surface area contributed by atoms with Crippen LogP contribution in [0, 0.1) is 0 Å². The summed E-state index contributed by atoms with van der Waals surface area (Å²) in [4.78, 5) is 27.3. The molecule has 0 radical (unpaired) electrons. The molecule has 0 aliphatic heterocycles. The van der Waals surface area contributed by atoms with Crippen LogP contribution in [0.15, 0.2) is 41.2 Å². The largest absolute Gasteiger partial charge is 0.472 e. The van der Waals surface area contributed by atoms with Gasteiger partial charge in [0.15, 0.2) is 5.13 Å². The lowest BCUT2D eigenvalue weighted by Crippen LogP contribution is -2.10. The normalized spacial score (nSPS) is 10.5. The van der Waals surface area contributed by atoms with Crippen molar-refractivity contribution >= 4 is 44.2 Å². The topological polar surface area (TPSA) is 84.2 Å². The molecule has 7 heteroatoms. The molecule has 2 amide bonds. The summed E-state index contributed by atoms with van der Waals surface area (Å²) in [7, 11) is 0. The Balaban J connectivity index is 1.84. The number of furan rings is 1. The lowest BCUT2D eigenvalue weighted by atomic mass is 10.3. The zero-order valence-corrected chi connectivity index (χ0v) is 11.9. The summed E-state index contributed by atoms with van der Waals surface area (Å²) in [5.41, 5.74) is 1.90. The van der Waals surface area contributed by atoms with E-state index in [4.69, 9.17) is 4.42 Å². The van der Waals surface area contributed by atoms with E-state index in [9.17, 15) is 9.59 Å². The Morgan fingerprint density at radius 1 is 1.24 bits per heavy atom. The number of hydrogen-bond acceptors (Lipinski definition) is 5. The molecule has 0 atom stereocenters. The van der Waals surface area contributed by atoms with Crippen molar-refractivity contribution in [2.24, 2.45) is 0 Å². The molecule has 21 heavy (non-hydrogen) atoms. The van der Waals surface area contributed by atoms with Gasteiger partial charge in [0.2, 0.25) is 5.91 Å². The highest BCUT2D eigenvalue weighted by Crippen LogP contribution is 2.28. The van der Waals surface area contributed by atoms with E-state index < -0.39 is 0 Å². The summed E-state index contributed by atoms with van der Waals surface area (Å²) in [6, 6.07) is 6.97. The Morgan fingerprint density at radius 2 is 2.10 bits per heavy atom. The number of nitrogens with one attached hydrogen (secondary N) is 2. The van der Waals surface area contributed by atoms with Gasteiger partial charge in [-0.05, 0) is 24.3 Å². The van der Waals surface area contributed by atoms with E-state index in [1.807, 2.05) is 6.07 Å². The maximum Gasteiger partial charge on any atom is 0.260 e. The number of amides is 2. The van der Waals surface area contributed by atoms with Crippen LogP contribution in [0.3, 0.4) is 0 Å². The van der Waals surface area contributed by atoms with Gasteiger partial charge in [-0.1, -0.05) is 11.3 Å². The molecule has 0 fully saturated rings. The zero-order chi connectivity index (χ0) is 14.8. The number of hydrogen-bond donors (Lipinski definition) is 2. The maximum atomic E-state index is 11.9. The van der Waals surface area contributed by atoms with Crippen LogP contribution < -0.4 is 10.6 Å². The van der Waals surface area contributed by atoms with Gasteiger partial charge in [0.25, 0.3) is 5.91 Å². The Morgan fingerprint density at radius 3 is 2.81 bits per heavy atom. The molecule has 3 rings (SSSR count). The Bertz CT molecular complexity index is 808.